The molecule has 3 heterocycles. The fourth-order valence-corrected chi connectivity index (χ4v) is 5.54. The summed E-state index contributed by atoms with van der Waals surface area (Å²) < 4.78 is 32.3. The van der Waals surface area contributed by atoms with Gasteiger partial charge in [-0.25, -0.2) is 8.42 Å². The number of thiophene rings is 1. The molecule has 0 unspecified atom stereocenters. The summed E-state index contributed by atoms with van der Waals surface area (Å²) in [6.07, 6.45) is 1.84. The summed E-state index contributed by atoms with van der Waals surface area (Å²) in [5.41, 5.74) is 0. The van der Waals surface area contributed by atoms with Gasteiger partial charge in [0, 0.05) is 32.2 Å². The van der Waals surface area contributed by atoms with Gasteiger partial charge in [-0.05, 0) is 24.3 Å². The van der Waals surface area contributed by atoms with Gasteiger partial charge in [0.25, 0.3) is 10.0 Å². The molecule has 112 valence electrons. The average molecular weight is 316 g/mol. The van der Waals surface area contributed by atoms with Crippen LogP contribution >= 0.6 is 11.3 Å². The third-order valence-corrected chi connectivity index (χ3v) is 7.35. The van der Waals surface area contributed by atoms with Crippen molar-refractivity contribution in [2.45, 2.75) is 23.1 Å². The van der Waals surface area contributed by atoms with Crippen LogP contribution in [0.2, 0.25) is 0 Å². The minimum Gasteiger partial charge on any atom is -0.379 e. The van der Waals surface area contributed by atoms with Crippen molar-refractivity contribution in [3.05, 3.63) is 17.5 Å². The summed E-state index contributed by atoms with van der Waals surface area (Å²) in [7, 11) is -3.26. The lowest BCUT2D eigenvalue weighted by Crippen LogP contribution is -2.49. The van der Waals surface area contributed by atoms with Crippen LogP contribution < -0.4 is 0 Å². The Morgan fingerprint density at radius 1 is 1.15 bits per heavy atom. The zero-order valence-electron chi connectivity index (χ0n) is 11.4. The Morgan fingerprint density at radius 3 is 2.45 bits per heavy atom. The molecular weight excluding hydrogens is 296 g/mol. The number of morpholine rings is 1. The molecule has 2 fully saturated rings. The topological polar surface area (TPSA) is 49.9 Å². The molecule has 3 rings (SSSR count). The molecule has 2 aliphatic rings. The predicted octanol–water partition coefficient (Wildman–Crippen LogP) is 1.23. The summed E-state index contributed by atoms with van der Waals surface area (Å²) in [6.45, 7) is 4.80. The van der Waals surface area contributed by atoms with E-state index in [1.54, 1.807) is 16.4 Å². The standard InChI is InChI=1S/C13H20N2O3S2/c16-20(17,13-2-1-11-19-13)15-5-3-12(4-6-15)14-7-9-18-10-8-14/h1-2,11-12H,3-10H2. The summed E-state index contributed by atoms with van der Waals surface area (Å²) in [5, 5.41) is 1.81. The molecule has 20 heavy (non-hydrogen) atoms. The van der Waals surface area contributed by atoms with Crippen LogP contribution in [-0.4, -0.2) is 63.1 Å². The molecular formula is C13H20N2O3S2. The number of piperidine rings is 1. The van der Waals surface area contributed by atoms with Gasteiger partial charge >= 0.3 is 0 Å². The van der Waals surface area contributed by atoms with Crippen molar-refractivity contribution in [2.75, 3.05) is 39.4 Å². The van der Waals surface area contributed by atoms with Crippen LogP contribution in [0.3, 0.4) is 0 Å². The molecule has 0 spiro atoms. The van der Waals surface area contributed by atoms with Gasteiger partial charge in [-0.1, -0.05) is 6.07 Å². The van der Waals surface area contributed by atoms with Gasteiger partial charge in [-0.15, -0.1) is 11.3 Å². The lowest BCUT2D eigenvalue weighted by atomic mass is 10.0. The quantitative estimate of drug-likeness (QED) is 0.842. The minimum atomic E-state index is -3.26. The van der Waals surface area contributed by atoms with Crippen molar-refractivity contribution in [3.63, 3.8) is 0 Å². The lowest BCUT2D eigenvalue weighted by Gasteiger charge is -2.39. The van der Waals surface area contributed by atoms with Gasteiger partial charge in [-0.2, -0.15) is 4.31 Å². The Bertz CT molecular complexity index is 516. The average Bonchev–Trinajstić information content (AvgIpc) is 3.03. The normalized spacial score (nSPS) is 24.0. The molecule has 0 saturated carbocycles. The van der Waals surface area contributed by atoms with Crippen molar-refractivity contribution < 1.29 is 13.2 Å². The molecule has 0 bridgehead atoms. The largest absolute Gasteiger partial charge is 0.379 e. The van der Waals surface area contributed by atoms with Gasteiger partial charge in [0.05, 0.1) is 13.2 Å². The number of sulfonamides is 1. The van der Waals surface area contributed by atoms with Crippen molar-refractivity contribution >= 4 is 21.4 Å². The van der Waals surface area contributed by atoms with Crippen LogP contribution in [0.4, 0.5) is 0 Å². The van der Waals surface area contributed by atoms with Crippen LogP contribution in [0, 0.1) is 0 Å². The molecule has 0 N–H and O–H groups in total. The summed E-state index contributed by atoms with van der Waals surface area (Å²) in [5.74, 6) is 0. The molecule has 1 aromatic heterocycles. The second-order valence-electron chi connectivity index (χ2n) is 5.22. The highest BCUT2D eigenvalue weighted by atomic mass is 32.2. The SMILES string of the molecule is O=S(=O)(c1cccs1)N1CCC(N2CCOCC2)CC1. The number of nitrogens with zero attached hydrogens (tertiary/aromatic N) is 2. The second-order valence-corrected chi connectivity index (χ2v) is 8.33. The zero-order chi connectivity index (χ0) is 14.0. The molecule has 7 heteroatoms. The third-order valence-electron chi connectivity index (χ3n) is 4.07. The Balaban J connectivity index is 1.61. The van der Waals surface area contributed by atoms with Crippen molar-refractivity contribution in [1.82, 2.24) is 9.21 Å². The van der Waals surface area contributed by atoms with E-state index in [0.717, 1.165) is 39.1 Å². The first-order valence-corrected chi connectivity index (χ1v) is 9.35. The molecule has 2 saturated heterocycles. The van der Waals surface area contributed by atoms with Crippen molar-refractivity contribution in [3.8, 4) is 0 Å². The number of hydrogen-bond acceptors (Lipinski definition) is 5. The van der Waals surface area contributed by atoms with E-state index in [-0.39, 0.29) is 0 Å². The first kappa shape index (κ1) is 14.5. The van der Waals surface area contributed by atoms with Crippen LogP contribution in [0.25, 0.3) is 0 Å². The van der Waals surface area contributed by atoms with E-state index in [9.17, 15) is 8.42 Å². The number of rotatable bonds is 3. The number of ether oxygens (including phenoxy) is 1. The van der Waals surface area contributed by atoms with E-state index in [1.165, 1.54) is 11.3 Å². The second kappa shape index (κ2) is 6.11. The van der Waals surface area contributed by atoms with E-state index in [2.05, 4.69) is 4.90 Å². The van der Waals surface area contributed by atoms with Crippen LogP contribution in [-0.2, 0) is 14.8 Å². The minimum absolute atomic E-state index is 0.460. The van der Waals surface area contributed by atoms with E-state index in [1.807, 2.05) is 5.38 Å². The number of hydrogen-bond donors (Lipinski definition) is 0. The highest BCUT2D eigenvalue weighted by Crippen LogP contribution is 2.26. The van der Waals surface area contributed by atoms with Crippen molar-refractivity contribution in [2.24, 2.45) is 0 Å². The summed E-state index contributed by atoms with van der Waals surface area (Å²) in [4.78, 5) is 2.44. The Labute approximate surface area is 124 Å². The Hall–Kier alpha value is -0.470. The first-order valence-electron chi connectivity index (χ1n) is 7.03. The van der Waals surface area contributed by atoms with Gasteiger partial charge < -0.3 is 4.74 Å². The maximum absolute atomic E-state index is 12.4. The smallest absolute Gasteiger partial charge is 0.252 e. The molecule has 5 nitrogen and oxygen atoms in total. The fourth-order valence-electron chi connectivity index (χ4n) is 2.93. The van der Waals surface area contributed by atoms with Crippen LogP contribution in [0.1, 0.15) is 12.8 Å². The summed E-state index contributed by atoms with van der Waals surface area (Å²) >= 11 is 1.30. The van der Waals surface area contributed by atoms with Crippen LogP contribution in [0.5, 0.6) is 0 Å². The van der Waals surface area contributed by atoms with Gasteiger partial charge in [0.2, 0.25) is 0 Å². The Morgan fingerprint density at radius 2 is 1.85 bits per heavy atom. The zero-order valence-corrected chi connectivity index (χ0v) is 13.0. The molecule has 0 radical (unpaired) electrons. The summed E-state index contributed by atoms with van der Waals surface area (Å²) in [6, 6.07) is 3.99. The van der Waals surface area contributed by atoms with Gasteiger partial charge in [-0.3, -0.25) is 4.90 Å². The monoisotopic (exact) mass is 316 g/mol. The molecule has 0 amide bonds. The highest BCUT2D eigenvalue weighted by Gasteiger charge is 2.32. The first-order chi connectivity index (χ1) is 9.68. The molecule has 0 aliphatic carbocycles. The molecule has 1 aromatic rings. The Kier molecular flexibility index (Phi) is 4.42. The van der Waals surface area contributed by atoms with E-state index < -0.39 is 10.0 Å². The van der Waals surface area contributed by atoms with E-state index >= 15 is 0 Å². The third kappa shape index (κ3) is 2.92. The fraction of sp³-hybridized carbons (Fsp3) is 0.692. The maximum Gasteiger partial charge on any atom is 0.252 e. The maximum atomic E-state index is 12.4. The van der Waals surface area contributed by atoms with Gasteiger partial charge in [0.15, 0.2) is 0 Å². The molecule has 0 atom stereocenters. The van der Waals surface area contributed by atoms with E-state index in [4.69, 9.17) is 4.74 Å². The van der Waals surface area contributed by atoms with Gasteiger partial charge in [0.1, 0.15) is 4.21 Å². The predicted molar refractivity (Wildman–Crippen MR) is 78.5 cm³/mol. The molecule has 0 aromatic carbocycles. The van der Waals surface area contributed by atoms with Crippen molar-refractivity contribution in [1.29, 1.82) is 0 Å². The van der Waals surface area contributed by atoms with E-state index in [0.29, 0.717) is 23.3 Å². The highest BCUT2D eigenvalue weighted by molar-refractivity contribution is 7.91. The van der Waals surface area contributed by atoms with Crippen LogP contribution in [0.15, 0.2) is 21.7 Å². The lowest BCUT2D eigenvalue weighted by molar-refractivity contribution is 0.00611. The molecule has 2 aliphatic heterocycles.